The van der Waals surface area contributed by atoms with Crippen molar-refractivity contribution in [3.05, 3.63) is 64.2 Å². The van der Waals surface area contributed by atoms with Gasteiger partial charge in [-0.05, 0) is 18.6 Å². The first-order valence-electron chi connectivity index (χ1n) is 8.82. The fourth-order valence-corrected chi connectivity index (χ4v) is 3.34. The van der Waals surface area contributed by atoms with Gasteiger partial charge in [0.25, 0.3) is 0 Å². The number of benzene rings is 2. The standard InChI is InChI=1S/C21H19NO6/c1-3-28-21(27)15(22-11(2)23)10-12-8-9-16(24)18-17(12)19(25)13-6-4-5-7-14(13)20(18)26/h4-9,15,24H,3,10H2,1-2H3,(H,22,23)/t15-/m0/s1. The zero-order chi connectivity index (χ0) is 20.4. The van der Waals surface area contributed by atoms with Gasteiger partial charge in [0.2, 0.25) is 5.91 Å². The van der Waals surface area contributed by atoms with E-state index in [9.17, 15) is 24.3 Å². The van der Waals surface area contributed by atoms with Crippen LogP contribution < -0.4 is 5.32 Å². The topological polar surface area (TPSA) is 110 Å². The van der Waals surface area contributed by atoms with Gasteiger partial charge in [0.05, 0.1) is 12.2 Å². The van der Waals surface area contributed by atoms with Crippen LogP contribution in [0.5, 0.6) is 5.75 Å². The molecule has 0 heterocycles. The molecule has 0 aromatic heterocycles. The molecule has 0 bridgehead atoms. The summed E-state index contributed by atoms with van der Waals surface area (Å²) >= 11 is 0. The van der Waals surface area contributed by atoms with E-state index in [-0.39, 0.29) is 41.0 Å². The minimum atomic E-state index is -1.02. The van der Waals surface area contributed by atoms with E-state index in [0.29, 0.717) is 5.56 Å². The van der Waals surface area contributed by atoms with E-state index >= 15 is 0 Å². The second-order valence-corrected chi connectivity index (χ2v) is 6.41. The predicted molar refractivity (Wildman–Crippen MR) is 99.4 cm³/mol. The van der Waals surface area contributed by atoms with E-state index in [1.807, 2.05) is 0 Å². The molecule has 0 unspecified atom stereocenters. The number of ether oxygens (including phenoxy) is 1. The number of carbonyl (C=O) groups excluding carboxylic acids is 4. The molecule has 144 valence electrons. The Bertz CT molecular complexity index is 994. The molecule has 0 aliphatic heterocycles. The number of rotatable bonds is 5. The smallest absolute Gasteiger partial charge is 0.328 e. The quantitative estimate of drug-likeness (QED) is 0.652. The van der Waals surface area contributed by atoms with Crippen LogP contribution in [0, 0.1) is 0 Å². The summed E-state index contributed by atoms with van der Waals surface area (Å²) in [5.41, 5.74) is 0.776. The minimum Gasteiger partial charge on any atom is -0.507 e. The van der Waals surface area contributed by atoms with Crippen LogP contribution in [0.3, 0.4) is 0 Å². The van der Waals surface area contributed by atoms with Crippen LogP contribution in [-0.2, 0) is 20.7 Å². The van der Waals surface area contributed by atoms with Crippen molar-refractivity contribution < 1.29 is 29.0 Å². The third-order valence-electron chi connectivity index (χ3n) is 4.51. The van der Waals surface area contributed by atoms with Crippen molar-refractivity contribution in [3.8, 4) is 5.75 Å². The number of carbonyl (C=O) groups is 4. The Morgan fingerprint density at radius 2 is 1.64 bits per heavy atom. The number of amides is 1. The van der Waals surface area contributed by atoms with Crippen LogP contribution in [0.2, 0.25) is 0 Å². The normalized spacial score (nSPS) is 13.4. The fourth-order valence-electron chi connectivity index (χ4n) is 3.34. The molecule has 2 aromatic rings. The Labute approximate surface area is 161 Å². The second-order valence-electron chi connectivity index (χ2n) is 6.41. The Kier molecular flexibility index (Phi) is 5.26. The van der Waals surface area contributed by atoms with Gasteiger partial charge in [0, 0.05) is 30.0 Å². The van der Waals surface area contributed by atoms with Gasteiger partial charge in [-0.15, -0.1) is 0 Å². The van der Waals surface area contributed by atoms with E-state index in [2.05, 4.69) is 5.32 Å². The van der Waals surface area contributed by atoms with Gasteiger partial charge in [-0.3, -0.25) is 14.4 Å². The summed E-state index contributed by atoms with van der Waals surface area (Å²) in [7, 11) is 0. The summed E-state index contributed by atoms with van der Waals surface area (Å²) in [6.45, 7) is 3.04. The first-order valence-corrected chi connectivity index (χ1v) is 8.82. The van der Waals surface area contributed by atoms with Gasteiger partial charge < -0.3 is 15.2 Å². The number of aromatic hydroxyl groups is 1. The third-order valence-corrected chi connectivity index (χ3v) is 4.51. The molecular weight excluding hydrogens is 362 g/mol. The van der Waals surface area contributed by atoms with E-state index in [0.717, 1.165) is 0 Å². The summed E-state index contributed by atoms with van der Waals surface area (Å²) in [5.74, 6) is -2.26. The number of hydrogen-bond acceptors (Lipinski definition) is 6. The van der Waals surface area contributed by atoms with Crippen molar-refractivity contribution in [2.24, 2.45) is 0 Å². The van der Waals surface area contributed by atoms with E-state index in [4.69, 9.17) is 4.74 Å². The molecule has 7 heteroatoms. The summed E-state index contributed by atoms with van der Waals surface area (Å²) in [6.07, 6.45) is -0.0534. The second kappa shape index (κ2) is 7.64. The third kappa shape index (κ3) is 3.38. The lowest BCUT2D eigenvalue weighted by Gasteiger charge is -2.23. The van der Waals surface area contributed by atoms with Gasteiger partial charge in [-0.1, -0.05) is 30.3 Å². The highest BCUT2D eigenvalue weighted by molar-refractivity contribution is 6.29. The lowest BCUT2D eigenvalue weighted by atomic mass is 9.80. The maximum atomic E-state index is 13.1. The summed E-state index contributed by atoms with van der Waals surface area (Å²) in [6, 6.07) is 8.13. The molecular formula is C21H19NO6. The summed E-state index contributed by atoms with van der Waals surface area (Å²) < 4.78 is 4.99. The molecule has 0 saturated carbocycles. The molecule has 1 aliphatic carbocycles. The van der Waals surface area contributed by atoms with Crippen molar-refractivity contribution in [2.75, 3.05) is 6.61 Å². The van der Waals surface area contributed by atoms with Gasteiger partial charge in [0.15, 0.2) is 11.6 Å². The Morgan fingerprint density at radius 3 is 2.21 bits per heavy atom. The molecule has 0 radical (unpaired) electrons. The van der Waals surface area contributed by atoms with Crippen LogP contribution in [0.15, 0.2) is 36.4 Å². The number of phenols is 1. The molecule has 1 atom stereocenters. The monoisotopic (exact) mass is 381 g/mol. The van der Waals surface area contributed by atoms with Crippen LogP contribution >= 0.6 is 0 Å². The Hall–Kier alpha value is -3.48. The fraction of sp³-hybridized carbons (Fsp3) is 0.238. The SMILES string of the molecule is CCOC(=O)[C@H](Cc1ccc(O)c2c1C(=O)c1ccccc1C2=O)NC(C)=O. The number of nitrogens with one attached hydrogen (secondary N) is 1. The van der Waals surface area contributed by atoms with Crippen molar-refractivity contribution in [1.29, 1.82) is 0 Å². The number of fused-ring (bicyclic) bond motifs is 2. The van der Waals surface area contributed by atoms with Crippen LogP contribution in [0.1, 0.15) is 51.3 Å². The molecule has 2 N–H and O–H groups in total. The van der Waals surface area contributed by atoms with Crippen molar-refractivity contribution in [3.63, 3.8) is 0 Å². The van der Waals surface area contributed by atoms with Crippen molar-refractivity contribution in [2.45, 2.75) is 26.3 Å². The molecule has 28 heavy (non-hydrogen) atoms. The number of hydrogen-bond donors (Lipinski definition) is 2. The van der Waals surface area contributed by atoms with E-state index in [1.165, 1.54) is 25.1 Å². The average Bonchev–Trinajstić information content (AvgIpc) is 2.66. The first kappa shape index (κ1) is 19.3. The largest absolute Gasteiger partial charge is 0.507 e. The maximum Gasteiger partial charge on any atom is 0.328 e. The van der Waals surface area contributed by atoms with Crippen molar-refractivity contribution in [1.82, 2.24) is 5.32 Å². The van der Waals surface area contributed by atoms with Gasteiger partial charge in [0.1, 0.15) is 11.8 Å². The molecule has 3 rings (SSSR count). The molecule has 0 saturated heterocycles. The van der Waals surface area contributed by atoms with Crippen LogP contribution in [0.4, 0.5) is 0 Å². The molecule has 0 fully saturated rings. The number of esters is 1. The summed E-state index contributed by atoms with van der Waals surface area (Å²) in [4.78, 5) is 49.6. The lowest BCUT2D eigenvalue weighted by molar-refractivity contribution is -0.147. The first-order chi connectivity index (χ1) is 13.3. The molecule has 1 aliphatic rings. The lowest BCUT2D eigenvalue weighted by Crippen LogP contribution is -2.42. The minimum absolute atomic E-state index is 0.0448. The molecule has 7 nitrogen and oxygen atoms in total. The number of ketones is 2. The zero-order valence-corrected chi connectivity index (χ0v) is 15.4. The average molecular weight is 381 g/mol. The molecule has 0 spiro atoms. The Morgan fingerprint density at radius 1 is 1.04 bits per heavy atom. The Balaban J connectivity index is 2.09. The van der Waals surface area contributed by atoms with Gasteiger partial charge in [-0.2, -0.15) is 0 Å². The van der Waals surface area contributed by atoms with Gasteiger partial charge in [-0.25, -0.2) is 4.79 Å². The highest BCUT2D eigenvalue weighted by Crippen LogP contribution is 2.35. The summed E-state index contributed by atoms with van der Waals surface area (Å²) in [5, 5.41) is 12.7. The van der Waals surface area contributed by atoms with Crippen LogP contribution in [-0.4, -0.2) is 41.2 Å². The van der Waals surface area contributed by atoms with Crippen molar-refractivity contribution >= 4 is 23.4 Å². The number of phenolic OH excluding ortho intramolecular Hbond substituents is 1. The highest BCUT2D eigenvalue weighted by atomic mass is 16.5. The van der Waals surface area contributed by atoms with Crippen LogP contribution in [0.25, 0.3) is 0 Å². The maximum absolute atomic E-state index is 13.1. The van der Waals surface area contributed by atoms with E-state index in [1.54, 1.807) is 25.1 Å². The highest BCUT2D eigenvalue weighted by Gasteiger charge is 2.35. The molecule has 1 amide bonds. The molecule has 2 aromatic carbocycles. The van der Waals surface area contributed by atoms with E-state index < -0.39 is 29.5 Å². The van der Waals surface area contributed by atoms with Gasteiger partial charge >= 0.3 is 5.97 Å². The zero-order valence-electron chi connectivity index (χ0n) is 15.4. The predicted octanol–water partition coefficient (Wildman–Crippen LogP) is 1.78.